The number of piperidine rings is 1. The highest BCUT2D eigenvalue weighted by atomic mass is 16.2. The second-order valence-corrected chi connectivity index (χ2v) is 6.44. The summed E-state index contributed by atoms with van der Waals surface area (Å²) in [5.74, 6) is 2.70. The van der Waals surface area contributed by atoms with Crippen molar-refractivity contribution < 1.29 is 4.79 Å². The van der Waals surface area contributed by atoms with Gasteiger partial charge in [0.1, 0.15) is 0 Å². The second-order valence-electron chi connectivity index (χ2n) is 6.44. The third kappa shape index (κ3) is 3.49. The zero-order chi connectivity index (χ0) is 17.7. The Balaban J connectivity index is 2.17. The number of amides is 1. The van der Waals surface area contributed by atoms with Gasteiger partial charge in [0.25, 0.3) is 5.91 Å². The molecule has 2 aromatic carbocycles. The number of likely N-dealkylation sites (N-methyl/N-ethyl adjacent to an activating group) is 1. The first kappa shape index (κ1) is 17.0. The summed E-state index contributed by atoms with van der Waals surface area (Å²) >= 11 is 0. The fourth-order valence-corrected chi connectivity index (χ4v) is 3.35. The van der Waals surface area contributed by atoms with Crippen molar-refractivity contribution in [3.05, 3.63) is 71.8 Å². The molecule has 0 bridgehead atoms. The van der Waals surface area contributed by atoms with E-state index in [0.29, 0.717) is 12.8 Å². The molecule has 1 atom stereocenters. The molecule has 1 amide bonds. The van der Waals surface area contributed by atoms with Crippen LogP contribution in [0.4, 0.5) is 0 Å². The van der Waals surface area contributed by atoms with Gasteiger partial charge in [-0.3, -0.25) is 9.79 Å². The van der Waals surface area contributed by atoms with E-state index in [1.807, 2.05) is 67.7 Å². The lowest BCUT2D eigenvalue weighted by atomic mass is 9.85. The summed E-state index contributed by atoms with van der Waals surface area (Å²) in [4.78, 5) is 19.7. The smallest absolute Gasteiger partial charge is 0.251 e. The van der Waals surface area contributed by atoms with E-state index in [0.717, 1.165) is 29.8 Å². The number of likely N-dealkylation sites (tertiary alicyclic amines) is 1. The molecule has 1 saturated heterocycles. The van der Waals surface area contributed by atoms with Gasteiger partial charge in [0.05, 0.1) is 5.71 Å². The SMILES string of the molecule is C#CCC1(N=C(c2ccccc2)c2ccccc2)CCCN(C)C1=O. The van der Waals surface area contributed by atoms with Gasteiger partial charge in [-0.2, -0.15) is 0 Å². The largest absolute Gasteiger partial charge is 0.344 e. The lowest BCUT2D eigenvalue weighted by molar-refractivity contribution is -0.138. The molecule has 126 valence electrons. The van der Waals surface area contributed by atoms with Crippen molar-refractivity contribution in [1.29, 1.82) is 0 Å². The number of hydrogen-bond donors (Lipinski definition) is 0. The standard InChI is InChI=1S/C22H22N2O/c1-3-15-22(16-10-17-24(2)21(22)25)23-20(18-11-6-4-7-12-18)19-13-8-5-9-14-19/h1,4-9,11-14H,10,15-17H2,2H3. The van der Waals surface area contributed by atoms with Gasteiger partial charge in [-0.1, -0.05) is 60.7 Å². The minimum atomic E-state index is -0.872. The van der Waals surface area contributed by atoms with Crippen LogP contribution in [0.5, 0.6) is 0 Å². The Morgan fingerprint density at radius 1 is 1.12 bits per heavy atom. The van der Waals surface area contributed by atoms with E-state index < -0.39 is 5.54 Å². The van der Waals surface area contributed by atoms with Gasteiger partial charge in [-0.25, -0.2) is 0 Å². The van der Waals surface area contributed by atoms with E-state index in [-0.39, 0.29) is 5.91 Å². The molecular formula is C22H22N2O. The van der Waals surface area contributed by atoms with E-state index in [2.05, 4.69) is 5.92 Å². The van der Waals surface area contributed by atoms with E-state index >= 15 is 0 Å². The molecule has 3 rings (SSSR count). The van der Waals surface area contributed by atoms with Crippen LogP contribution in [0.1, 0.15) is 30.4 Å². The zero-order valence-electron chi connectivity index (χ0n) is 14.5. The van der Waals surface area contributed by atoms with E-state index in [1.165, 1.54) is 0 Å². The molecular weight excluding hydrogens is 308 g/mol. The Bertz CT molecular complexity index is 763. The van der Waals surface area contributed by atoms with Gasteiger partial charge in [-0.15, -0.1) is 12.3 Å². The van der Waals surface area contributed by atoms with Crippen LogP contribution >= 0.6 is 0 Å². The Morgan fingerprint density at radius 3 is 2.20 bits per heavy atom. The van der Waals surface area contributed by atoms with Gasteiger partial charge in [0, 0.05) is 31.1 Å². The van der Waals surface area contributed by atoms with Gasteiger partial charge in [0.2, 0.25) is 0 Å². The van der Waals surface area contributed by atoms with Gasteiger partial charge in [-0.05, 0) is 12.8 Å². The number of hydrogen-bond acceptors (Lipinski definition) is 2. The fraction of sp³-hybridized carbons (Fsp3) is 0.273. The van der Waals surface area contributed by atoms with Crippen molar-refractivity contribution >= 4 is 11.6 Å². The molecule has 2 aromatic rings. The predicted molar refractivity (Wildman–Crippen MR) is 102 cm³/mol. The summed E-state index contributed by atoms with van der Waals surface area (Å²) in [6.07, 6.45) is 7.53. The maximum atomic E-state index is 13.0. The monoisotopic (exact) mass is 330 g/mol. The maximum Gasteiger partial charge on any atom is 0.251 e. The predicted octanol–water partition coefficient (Wildman–Crippen LogP) is 3.54. The molecule has 1 aliphatic rings. The Morgan fingerprint density at radius 2 is 1.68 bits per heavy atom. The Hall–Kier alpha value is -2.86. The van der Waals surface area contributed by atoms with Crippen LogP contribution in [0.25, 0.3) is 0 Å². The van der Waals surface area contributed by atoms with Gasteiger partial charge in [0.15, 0.2) is 5.54 Å². The molecule has 0 radical (unpaired) electrons. The van der Waals surface area contributed by atoms with Crippen molar-refractivity contribution in [3.8, 4) is 12.3 Å². The topological polar surface area (TPSA) is 32.7 Å². The summed E-state index contributed by atoms with van der Waals surface area (Å²) in [6.45, 7) is 0.757. The third-order valence-corrected chi connectivity index (χ3v) is 4.64. The molecule has 1 unspecified atom stereocenters. The molecule has 0 aliphatic carbocycles. The quantitative estimate of drug-likeness (QED) is 0.623. The second kappa shape index (κ2) is 7.36. The number of carbonyl (C=O) groups is 1. The zero-order valence-corrected chi connectivity index (χ0v) is 14.5. The highest BCUT2D eigenvalue weighted by molar-refractivity contribution is 6.14. The van der Waals surface area contributed by atoms with E-state index in [9.17, 15) is 4.79 Å². The summed E-state index contributed by atoms with van der Waals surface area (Å²) in [5, 5.41) is 0. The lowest BCUT2D eigenvalue weighted by Crippen LogP contribution is -2.51. The first-order valence-electron chi connectivity index (χ1n) is 8.56. The number of rotatable bonds is 4. The van der Waals surface area contributed by atoms with Crippen LogP contribution in [0.15, 0.2) is 65.7 Å². The molecule has 1 aliphatic heterocycles. The Labute approximate surface area is 149 Å². The molecule has 0 N–H and O–H groups in total. The lowest BCUT2D eigenvalue weighted by Gasteiger charge is -2.37. The van der Waals surface area contributed by atoms with Crippen LogP contribution in [-0.2, 0) is 4.79 Å². The number of benzene rings is 2. The minimum absolute atomic E-state index is 0.0149. The van der Waals surface area contributed by atoms with Crippen molar-refractivity contribution in [2.75, 3.05) is 13.6 Å². The van der Waals surface area contributed by atoms with Gasteiger partial charge >= 0.3 is 0 Å². The summed E-state index contributed by atoms with van der Waals surface area (Å²) in [5.41, 5.74) is 1.93. The van der Waals surface area contributed by atoms with Gasteiger partial charge < -0.3 is 4.90 Å². The third-order valence-electron chi connectivity index (χ3n) is 4.64. The summed E-state index contributed by atoms with van der Waals surface area (Å²) in [7, 11) is 1.83. The first-order valence-corrected chi connectivity index (χ1v) is 8.56. The first-order chi connectivity index (χ1) is 12.2. The van der Waals surface area contributed by atoms with Crippen LogP contribution in [0.2, 0.25) is 0 Å². The van der Waals surface area contributed by atoms with Crippen LogP contribution in [-0.4, -0.2) is 35.7 Å². The van der Waals surface area contributed by atoms with Crippen molar-refractivity contribution in [2.45, 2.75) is 24.8 Å². The molecule has 1 fully saturated rings. The molecule has 3 nitrogen and oxygen atoms in total. The van der Waals surface area contributed by atoms with Crippen molar-refractivity contribution in [3.63, 3.8) is 0 Å². The Kier molecular flexibility index (Phi) is 5.00. The van der Waals surface area contributed by atoms with Crippen LogP contribution < -0.4 is 0 Å². The highest BCUT2D eigenvalue weighted by Gasteiger charge is 2.42. The maximum absolute atomic E-state index is 13.0. The summed E-state index contributed by atoms with van der Waals surface area (Å²) in [6, 6.07) is 20.0. The number of nitrogens with zero attached hydrogens (tertiary/aromatic N) is 2. The molecule has 25 heavy (non-hydrogen) atoms. The number of aliphatic imine (C=N–C) groups is 1. The van der Waals surface area contributed by atoms with E-state index in [4.69, 9.17) is 11.4 Å². The molecule has 0 saturated carbocycles. The fourth-order valence-electron chi connectivity index (χ4n) is 3.35. The average molecular weight is 330 g/mol. The highest BCUT2D eigenvalue weighted by Crippen LogP contribution is 2.31. The molecule has 3 heteroatoms. The average Bonchev–Trinajstić information content (AvgIpc) is 2.66. The molecule has 1 heterocycles. The van der Waals surface area contributed by atoms with Crippen LogP contribution in [0.3, 0.4) is 0 Å². The van der Waals surface area contributed by atoms with Crippen molar-refractivity contribution in [2.24, 2.45) is 4.99 Å². The molecule has 0 spiro atoms. The van der Waals surface area contributed by atoms with E-state index in [1.54, 1.807) is 4.90 Å². The molecule has 0 aromatic heterocycles. The number of carbonyl (C=O) groups excluding carboxylic acids is 1. The minimum Gasteiger partial charge on any atom is -0.344 e. The van der Waals surface area contributed by atoms with Crippen LogP contribution in [0, 0.1) is 12.3 Å². The normalized spacial score (nSPS) is 20.0. The van der Waals surface area contributed by atoms with Crippen molar-refractivity contribution in [1.82, 2.24) is 4.90 Å². The summed E-state index contributed by atoms with van der Waals surface area (Å²) < 4.78 is 0. The number of terminal acetylenes is 1.